The van der Waals surface area contributed by atoms with Gasteiger partial charge in [0.15, 0.2) is 0 Å². The second-order valence-corrected chi connectivity index (χ2v) is 15.1. The van der Waals surface area contributed by atoms with Crippen molar-refractivity contribution in [3.05, 3.63) is 35.4 Å². The number of hydrogen-bond acceptors (Lipinski definition) is 4. The van der Waals surface area contributed by atoms with Gasteiger partial charge < -0.3 is 20.8 Å². The molecule has 50 heavy (non-hydrogen) atoms. The molecule has 0 aliphatic rings. The minimum absolute atomic E-state index is 0.329. The Kier molecular flexibility index (Phi) is 31.5. The summed E-state index contributed by atoms with van der Waals surface area (Å²) in [5, 5.41) is 26.4. The number of hydrogen-bond donors (Lipinski definition) is 4. The van der Waals surface area contributed by atoms with Crippen molar-refractivity contribution in [3.8, 4) is 0 Å². The quantitative estimate of drug-likeness (QED) is 0.0524. The first-order valence-electron chi connectivity index (χ1n) is 21.5. The monoisotopic (exact) mass is 701 g/mol. The van der Waals surface area contributed by atoms with Crippen molar-refractivity contribution in [2.45, 2.75) is 232 Å². The highest BCUT2D eigenvalue weighted by Crippen LogP contribution is 2.16. The molecular formula is C44H80N2O4. The maximum absolute atomic E-state index is 12.5. The third-order valence-corrected chi connectivity index (χ3v) is 10.2. The van der Waals surface area contributed by atoms with Gasteiger partial charge in [-0.3, -0.25) is 9.59 Å². The van der Waals surface area contributed by atoms with Crippen molar-refractivity contribution < 1.29 is 19.8 Å². The second kappa shape index (κ2) is 34.2. The molecule has 0 fully saturated rings. The van der Waals surface area contributed by atoms with Crippen LogP contribution in [0.4, 0.5) is 0 Å². The van der Waals surface area contributed by atoms with E-state index in [-0.39, 0.29) is 11.8 Å². The van der Waals surface area contributed by atoms with E-state index in [2.05, 4.69) is 24.5 Å². The zero-order valence-electron chi connectivity index (χ0n) is 32.8. The number of amides is 2. The number of aliphatic hydroxyl groups is 2. The number of rotatable bonds is 36. The first-order chi connectivity index (χ1) is 24.5. The van der Waals surface area contributed by atoms with Crippen LogP contribution in [0.25, 0.3) is 0 Å². The Hall–Kier alpha value is -1.92. The van der Waals surface area contributed by atoms with Crippen molar-refractivity contribution in [1.29, 1.82) is 0 Å². The van der Waals surface area contributed by atoms with E-state index in [4.69, 9.17) is 0 Å². The number of unbranched alkanes of at least 4 members (excludes halogenated alkanes) is 26. The molecule has 2 amide bonds. The molecule has 6 heteroatoms. The summed E-state index contributed by atoms with van der Waals surface area (Å²) in [7, 11) is 0. The van der Waals surface area contributed by atoms with Crippen LogP contribution in [0.15, 0.2) is 24.3 Å². The molecule has 1 rings (SSSR count). The fourth-order valence-corrected chi connectivity index (χ4v) is 6.79. The van der Waals surface area contributed by atoms with Crippen LogP contribution in [-0.4, -0.2) is 34.2 Å². The average Bonchev–Trinajstić information content (AvgIpc) is 3.13. The molecule has 1 aromatic carbocycles. The van der Waals surface area contributed by atoms with Crippen LogP contribution in [0, 0.1) is 0 Å². The normalized spacial score (nSPS) is 12.6. The molecular weight excluding hydrogens is 620 g/mol. The van der Waals surface area contributed by atoms with E-state index in [0.717, 1.165) is 36.8 Å². The number of benzene rings is 1. The number of nitrogens with one attached hydrogen (secondary N) is 2. The fraction of sp³-hybridized carbons (Fsp3) is 0.818. The van der Waals surface area contributed by atoms with Gasteiger partial charge in [-0.2, -0.15) is 0 Å². The van der Waals surface area contributed by atoms with Crippen molar-refractivity contribution in [2.75, 3.05) is 0 Å². The molecule has 0 radical (unpaired) electrons. The van der Waals surface area contributed by atoms with Gasteiger partial charge >= 0.3 is 0 Å². The van der Waals surface area contributed by atoms with Crippen LogP contribution in [0.2, 0.25) is 0 Å². The number of carbonyl (C=O) groups excluding carboxylic acids is 2. The van der Waals surface area contributed by atoms with Crippen LogP contribution in [0.1, 0.15) is 218 Å². The zero-order valence-corrected chi connectivity index (χ0v) is 32.8. The van der Waals surface area contributed by atoms with E-state index in [9.17, 15) is 19.8 Å². The van der Waals surface area contributed by atoms with Gasteiger partial charge in [0.1, 0.15) is 12.2 Å². The SMILES string of the molecule is CCCCCCCCCCCCCCCCC(O)C(=O)NCc1cccc(CNC(=O)C(O)CCCCCCCCCCCCCCCC)c1. The molecule has 0 aliphatic carbocycles. The van der Waals surface area contributed by atoms with Gasteiger partial charge in [0, 0.05) is 13.1 Å². The molecule has 6 nitrogen and oxygen atoms in total. The summed E-state index contributed by atoms with van der Waals surface area (Å²) in [5.74, 6) is -0.657. The molecule has 0 spiro atoms. The molecule has 0 saturated heterocycles. The maximum atomic E-state index is 12.5. The summed E-state index contributed by atoms with van der Waals surface area (Å²) in [6.45, 7) is 5.20. The molecule has 0 heterocycles. The van der Waals surface area contributed by atoms with Gasteiger partial charge in [-0.15, -0.1) is 0 Å². The van der Waals surface area contributed by atoms with E-state index < -0.39 is 12.2 Å². The second-order valence-electron chi connectivity index (χ2n) is 15.1. The highest BCUT2D eigenvalue weighted by Gasteiger charge is 2.15. The molecule has 4 N–H and O–H groups in total. The average molecular weight is 701 g/mol. The summed E-state index contributed by atoms with van der Waals surface area (Å²) in [6.07, 6.45) is 35.0. The van der Waals surface area contributed by atoms with Crippen LogP contribution in [0.3, 0.4) is 0 Å². The predicted octanol–water partition coefficient (Wildman–Crippen LogP) is 11.4. The molecule has 2 unspecified atom stereocenters. The molecule has 0 bridgehead atoms. The lowest BCUT2D eigenvalue weighted by Gasteiger charge is -2.13. The van der Waals surface area contributed by atoms with Gasteiger partial charge in [-0.1, -0.05) is 218 Å². The summed E-state index contributed by atoms with van der Waals surface area (Å²) in [6, 6.07) is 7.70. The molecule has 290 valence electrons. The first kappa shape index (κ1) is 46.1. The van der Waals surface area contributed by atoms with Crippen LogP contribution >= 0.6 is 0 Å². The zero-order chi connectivity index (χ0) is 36.3. The largest absolute Gasteiger partial charge is 0.383 e. The molecule has 0 aromatic heterocycles. The Labute approximate surface area is 308 Å². The summed E-state index contributed by atoms with van der Waals surface area (Å²) in [4.78, 5) is 24.9. The molecule has 0 saturated carbocycles. The van der Waals surface area contributed by atoms with E-state index in [1.807, 2.05) is 24.3 Å². The Morgan fingerprint density at radius 3 is 1.00 bits per heavy atom. The third kappa shape index (κ3) is 27.8. The first-order valence-corrected chi connectivity index (χ1v) is 21.5. The van der Waals surface area contributed by atoms with Gasteiger partial charge in [-0.25, -0.2) is 0 Å². The van der Waals surface area contributed by atoms with Gasteiger partial charge in [0.25, 0.3) is 0 Å². The lowest BCUT2D eigenvalue weighted by Crippen LogP contribution is -2.34. The highest BCUT2D eigenvalue weighted by atomic mass is 16.3. The smallest absolute Gasteiger partial charge is 0.249 e. The lowest BCUT2D eigenvalue weighted by atomic mass is 10.0. The Balaban J connectivity index is 2.05. The van der Waals surface area contributed by atoms with Gasteiger partial charge in [0.05, 0.1) is 0 Å². The van der Waals surface area contributed by atoms with Gasteiger partial charge in [0.2, 0.25) is 11.8 Å². The fourth-order valence-electron chi connectivity index (χ4n) is 6.79. The molecule has 0 aliphatic heterocycles. The van der Waals surface area contributed by atoms with Gasteiger partial charge in [-0.05, 0) is 24.0 Å². The summed E-state index contributed by atoms with van der Waals surface area (Å²) < 4.78 is 0. The van der Waals surface area contributed by atoms with Crippen molar-refractivity contribution in [3.63, 3.8) is 0 Å². The highest BCUT2D eigenvalue weighted by molar-refractivity contribution is 5.80. The summed E-state index contributed by atoms with van der Waals surface area (Å²) in [5.41, 5.74) is 1.83. The topological polar surface area (TPSA) is 98.7 Å². The minimum Gasteiger partial charge on any atom is -0.383 e. The number of carbonyl (C=O) groups is 2. The van der Waals surface area contributed by atoms with E-state index in [1.54, 1.807) is 0 Å². The Morgan fingerprint density at radius 2 is 0.720 bits per heavy atom. The Bertz CT molecular complexity index is 854. The predicted molar refractivity (Wildman–Crippen MR) is 212 cm³/mol. The third-order valence-electron chi connectivity index (χ3n) is 10.2. The standard InChI is InChI=1S/C44H80N2O4/c1-3-5-7-9-11-13-15-17-19-21-23-25-27-29-34-41(47)43(49)45-37-39-32-31-33-40(36-39)38-46-44(50)42(48)35-30-28-26-24-22-20-18-16-14-12-10-8-6-4-2/h31-33,36,41-42,47-48H,3-30,34-35,37-38H2,1-2H3,(H,45,49)(H,46,50). The van der Waals surface area contributed by atoms with Crippen LogP contribution in [0.5, 0.6) is 0 Å². The molecule has 1 aromatic rings. The van der Waals surface area contributed by atoms with Crippen molar-refractivity contribution in [2.24, 2.45) is 0 Å². The minimum atomic E-state index is -0.976. The van der Waals surface area contributed by atoms with Crippen molar-refractivity contribution >= 4 is 11.8 Å². The van der Waals surface area contributed by atoms with Crippen LogP contribution in [-0.2, 0) is 22.7 Å². The molecule has 2 atom stereocenters. The van der Waals surface area contributed by atoms with E-state index in [0.29, 0.717) is 25.9 Å². The lowest BCUT2D eigenvalue weighted by molar-refractivity contribution is -0.130. The maximum Gasteiger partial charge on any atom is 0.249 e. The van der Waals surface area contributed by atoms with Crippen molar-refractivity contribution in [1.82, 2.24) is 10.6 Å². The summed E-state index contributed by atoms with van der Waals surface area (Å²) >= 11 is 0. The number of aliphatic hydroxyl groups excluding tert-OH is 2. The Morgan fingerprint density at radius 1 is 0.460 bits per heavy atom. The van der Waals surface area contributed by atoms with E-state index in [1.165, 1.54) is 154 Å². The van der Waals surface area contributed by atoms with Crippen LogP contribution < -0.4 is 10.6 Å². The van der Waals surface area contributed by atoms with E-state index >= 15 is 0 Å².